The van der Waals surface area contributed by atoms with Gasteiger partial charge in [0.05, 0.1) is 6.20 Å². The highest BCUT2D eigenvalue weighted by Crippen LogP contribution is 2.44. The molecule has 27 heavy (non-hydrogen) atoms. The molecule has 2 bridgehead atoms. The topological polar surface area (TPSA) is 52.2 Å². The van der Waals surface area contributed by atoms with Gasteiger partial charge in [0.2, 0.25) is 5.91 Å². The number of hydrogen-bond acceptors (Lipinski definition) is 3. The molecule has 0 saturated carbocycles. The van der Waals surface area contributed by atoms with Crippen LogP contribution in [0.5, 0.6) is 0 Å². The van der Waals surface area contributed by atoms with Crippen LogP contribution in [0.4, 0.5) is 5.69 Å². The number of nitrogens with one attached hydrogen (secondary N) is 1. The van der Waals surface area contributed by atoms with Crippen LogP contribution in [-0.4, -0.2) is 46.2 Å². The normalized spacial score (nSPS) is 26.3. The van der Waals surface area contributed by atoms with Crippen LogP contribution in [0.25, 0.3) is 11.1 Å². The number of aromatic nitrogens is 2. The number of amides is 1. The molecule has 0 spiro atoms. The van der Waals surface area contributed by atoms with E-state index < -0.39 is 0 Å². The molecule has 4 heterocycles. The van der Waals surface area contributed by atoms with Crippen LogP contribution >= 0.6 is 0 Å². The van der Waals surface area contributed by atoms with Crippen LogP contribution in [-0.2, 0) is 11.2 Å². The first-order valence-corrected chi connectivity index (χ1v) is 10.3. The Morgan fingerprint density at radius 3 is 2.96 bits per heavy atom. The maximum Gasteiger partial charge on any atom is 0.225 e. The molecule has 1 amide bonds. The zero-order chi connectivity index (χ0) is 18.5. The van der Waals surface area contributed by atoms with Crippen LogP contribution in [0.3, 0.4) is 0 Å². The highest BCUT2D eigenvalue weighted by molar-refractivity contribution is 5.79. The van der Waals surface area contributed by atoms with Crippen LogP contribution < -0.4 is 4.90 Å². The van der Waals surface area contributed by atoms with Crippen LogP contribution in [0.1, 0.15) is 38.7 Å². The number of H-pyrrole nitrogens is 1. The van der Waals surface area contributed by atoms with Gasteiger partial charge in [0.1, 0.15) is 0 Å². The number of benzene rings is 1. The largest absolute Gasteiger partial charge is 0.371 e. The quantitative estimate of drug-likeness (QED) is 0.904. The molecule has 1 aromatic carbocycles. The second-order valence-corrected chi connectivity index (χ2v) is 8.72. The van der Waals surface area contributed by atoms with Crippen molar-refractivity contribution in [1.82, 2.24) is 15.1 Å². The van der Waals surface area contributed by atoms with Crippen molar-refractivity contribution in [2.75, 3.05) is 18.0 Å². The van der Waals surface area contributed by atoms with E-state index in [1.807, 2.05) is 26.2 Å². The van der Waals surface area contributed by atoms with Gasteiger partial charge in [-0.2, -0.15) is 5.10 Å². The molecule has 2 fully saturated rings. The summed E-state index contributed by atoms with van der Waals surface area (Å²) in [5.74, 6) is 1.09. The Morgan fingerprint density at radius 2 is 2.19 bits per heavy atom. The number of rotatable bonds is 4. The van der Waals surface area contributed by atoms with E-state index in [-0.39, 0.29) is 5.92 Å². The molecule has 5 nitrogen and oxygen atoms in total. The Labute approximate surface area is 160 Å². The van der Waals surface area contributed by atoms with E-state index in [9.17, 15) is 4.79 Å². The minimum atomic E-state index is 0.112. The van der Waals surface area contributed by atoms with Crippen molar-refractivity contribution in [2.24, 2.45) is 11.8 Å². The lowest BCUT2D eigenvalue weighted by Gasteiger charge is -2.30. The number of hydrogen-bond donors (Lipinski definition) is 1. The molecular formula is C22H28N4O. The molecule has 142 valence electrons. The smallest absolute Gasteiger partial charge is 0.225 e. The highest BCUT2D eigenvalue weighted by Gasteiger charge is 2.49. The van der Waals surface area contributed by atoms with Crippen LogP contribution in [0, 0.1) is 11.8 Å². The summed E-state index contributed by atoms with van der Waals surface area (Å²) in [6, 6.07) is 7.74. The van der Waals surface area contributed by atoms with Crippen molar-refractivity contribution in [3.63, 3.8) is 0 Å². The number of carbonyl (C=O) groups excluding carboxylic acids is 1. The molecule has 2 aromatic rings. The Morgan fingerprint density at radius 1 is 1.30 bits per heavy atom. The van der Waals surface area contributed by atoms with Gasteiger partial charge in [0.15, 0.2) is 0 Å². The number of carbonyl (C=O) groups is 1. The van der Waals surface area contributed by atoms with Crippen molar-refractivity contribution in [1.29, 1.82) is 0 Å². The average molecular weight is 364 g/mol. The van der Waals surface area contributed by atoms with Gasteiger partial charge in [0, 0.05) is 48.5 Å². The predicted octanol–water partition coefficient (Wildman–Crippen LogP) is 3.47. The van der Waals surface area contributed by atoms with E-state index in [0.717, 1.165) is 25.1 Å². The predicted molar refractivity (Wildman–Crippen MR) is 107 cm³/mol. The van der Waals surface area contributed by atoms with E-state index in [1.165, 1.54) is 36.1 Å². The van der Waals surface area contributed by atoms with E-state index in [0.29, 0.717) is 23.9 Å². The zero-order valence-corrected chi connectivity index (χ0v) is 16.2. The summed E-state index contributed by atoms with van der Waals surface area (Å²) in [6.45, 7) is 6.24. The molecule has 3 atom stereocenters. The van der Waals surface area contributed by atoms with Crippen molar-refractivity contribution in [2.45, 2.75) is 51.6 Å². The maximum absolute atomic E-state index is 12.6. The van der Waals surface area contributed by atoms with Gasteiger partial charge in [-0.3, -0.25) is 9.89 Å². The fraction of sp³-hybridized carbons (Fsp3) is 0.545. The Bertz CT molecular complexity index is 844. The molecule has 2 saturated heterocycles. The van der Waals surface area contributed by atoms with E-state index in [4.69, 9.17) is 0 Å². The second kappa shape index (κ2) is 6.39. The van der Waals surface area contributed by atoms with Gasteiger partial charge < -0.3 is 9.80 Å². The summed E-state index contributed by atoms with van der Waals surface area (Å²) in [5, 5.41) is 6.96. The fourth-order valence-corrected chi connectivity index (χ4v) is 5.48. The third-order valence-electron chi connectivity index (χ3n) is 6.77. The van der Waals surface area contributed by atoms with Crippen molar-refractivity contribution < 1.29 is 4.79 Å². The summed E-state index contributed by atoms with van der Waals surface area (Å²) < 4.78 is 0. The summed E-state index contributed by atoms with van der Waals surface area (Å²) >= 11 is 0. The number of aromatic amines is 1. The minimum absolute atomic E-state index is 0.112. The second-order valence-electron chi connectivity index (χ2n) is 8.72. The third kappa shape index (κ3) is 2.75. The Hall–Kier alpha value is -2.30. The first-order valence-electron chi connectivity index (χ1n) is 10.3. The maximum atomic E-state index is 12.6. The lowest BCUT2D eigenvalue weighted by Crippen LogP contribution is -2.41. The molecule has 3 aliphatic rings. The van der Waals surface area contributed by atoms with Gasteiger partial charge >= 0.3 is 0 Å². The van der Waals surface area contributed by atoms with Crippen molar-refractivity contribution in [3.8, 4) is 11.1 Å². The monoisotopic (exact) mass is 364 g/mol. The molecular weight excluding hydrogens is 336 g/mol. The first kappa shape index (κ1) is 16.8. The summed E-state index contributed by atoms with van der Waals surface area (Å²) in [6.07, 6.45) is 8.50. The Kier molecular flexibility index (Phi) is 3.99. The molecule has 3 unspecified atom stereocenters. The average Bonchev–Trinajstić information content (AvgIpc) is 3.44. The van der Waals surface area contributed by atoms with Gasteiger partial charge in [-0.25, -0.2) is 0 Å². The van der Waals surface area contributed by atoms with Crippen molar-refractivity contribution in [3.05, 3.63) is 36.2 Å². The van der Waals surface area contributed by atoms with Gasteiger partial charge in [-0.05, 0) is 54.9 Å². The standard InChI is InChI=1S/C22H28N4O/c1-14(2)22(27)26-19-4-6-21(26)17(10-19)13-25-8-7-16-9-15(3-5-20(16)25)18-11-23-24-12-18/h3,5,9,11-12,14,17,19,21H,4,6-8,10,13H2,1-2H3,(H,23,24). The molecule has 5 rings (SSSR count). The SMILES string of the molecule is CC(C)C(=O)N1C2CCC1C(CN1CCc3cc(-c4cn[nH]c4)ccc31)C2. The molecule has 0 aliphatic carbocycles. The first-order chi connectivity index (χ1) is 13.1. The van der Waals surface area contributed by atoms with Crippen LogP contribution in [0.15, 0.2) is 30.6 Å². The number of nitrogens with zero attached hydrogens (tertiary/aromatic N) is 3. The fourth-order valence-electron chi connectivity index (χ4n) is 5.48. The van der Waals surface area contributed by atoms with E-state index in [1.54, 1.807) is 0 Å². The molecule has 1 N–H and O–H groups in total. The lowest BCUT2D eigenvalue weighted by molar-refractivity contribution is -0.135. The van der Waals surface area contributed by atoms with E-state index >= 15 is 0 Å². The zero-order valence-electron chi connectivity index (χ0n) is 16.2. The Balaban J connectivity index is 1.32. The molecule has 3 aliphatic heterocycles. The van der Waals surface area contributed by atoms with Crippen LogP contribution in [0.2, 0.25) is 0 Å². The van der Waals surface area contributed by atoms with Crippen molar-refractivity contribution >= 4 is 11.6 Å². The molecule has 5 heteroatoms. The summed E-state index contributed by atoms with van der Waals surface area (Å²) in [5.41, 5.74) is 5.20. The van der Waals surface area contributed by atoms with Gasteiger partial charge in [-0.15, -0.1) is 0 Å². The molecule has 1 aromatic heterocycles. The number of fused-ring (bicyclic) bond motifs is 3. The van der Waals surface area contributed by atoms with Gasteiger partial charge in [-0.1, -0.05) is 19.9 Å². The molecule has 0 radical (unpaired) electrons. The lowest BCUT2D eigenvalue weighted by atomic mass is 9.89. The highest BCUT2D eigenvalue weighted by atomic mass is 16.2. The summed E-state index contributed by atoms with van der Waals surface area (Å²) in [7, 11) is 0. The van der Waals surface area contributed by atoms with E-state index in [2.05, 4.69) is 38.2 Å². The summed E-state index contributed by atoms with van der Waals surface area (Å²) in [4.78, 5) is 17.4. The number of anilines is 1. The minimum Gasteiger partial charge on any atom is -0.371 e. The van der Waals surface area contributed by atoms with Gasteiger partial charge in [0.25, 0.3) is 0 Å². The third-order valence-corrected chi connectivity index (χ3v) is 6.77.